The maximum Gasteiger partial charge on any atom is 0.389 e. The Morgan fingerprint density at radius 3 is 2.44 bits per heavy atom. The van der Waals surface area contributed by atoms with Crippen LogP contribution in [-0.2, 0) is 16.8 Å². The summed E-state index contributed by atoms with van der Waals surface area (Å²) in [6.45, 7) is 1.42. The average Bonchev–Trinajstić information content (AvgIpc) is 3.16. The number of anilines is 1. The smallest absolute Gasteiger partial charge is 0.324 e. The maximum atomic E-state index is 13.0. The number of nitrogens with one attached hydrogen (secondary N) is 2. The lowest BCUT2D eigenvalue weighted by Crippen LogP contribution is -2.52. The van der Waals surface area contributed by atoms with E-state index in [0.29, 0.717) is 37.2 Å². The highest BCUT2D eigenvalue weighted by Gasteiger charge is 2.42. The van der Waals surface area contributed by atoms with Gasteiger partial charge in [0.15, 0.2) is 0 Å². The Hall–Kier alpha value is -2.06. The summed E-state index contributed by atoms with van der Waals surface area (Å²) in [5.74, 6) is -0.161. The quantitative estimate of drug-likeness (QED) is 0.804. The highest BCUT2D eigenvalue weighted by Crippen LogP contribution is 2.29. The van der Waals surface area contributed by atoms with Crippen LogP contribution in [-0.4, -0.2) is 35.0 Å². The minimum atomic E-state index is -4.17. The van der Waals surface area contributed by atoms with Gasteiger partial charge in [-0.25, -0.2) is 0 Å². The van der Waals surface area contributed by atoms with Crippen LogP contribution in [0.2, 0.25) is 0 Å². The Morgan fingerprint density at radius 2 is 1.89 bits per heavy atom. The van der Waals surface area contributed by atoms with Gasteiger partial charge in [0.2, 0.25) is 0 Å². The van der Waals surface area contributed by atoms with Crippen molar-refractivity contribution >= 4 is 24.0 Å². The summed E-state index contributed by atoms with van der Waals surface area (Å²) >= 11 is 0. The molecule has 0 radical (unpaired) electrons. The largest absolute Gasteiger partial charge is 0.389 e. The van der Waals surface area contributed by atoms with Crippen molar-refractivity contribution in [2.75, 3.05) is 18.4 Å². The van der Waals surface area contributed by atoms with E-state index in [1.54, 1.807) is 47.4 Å². The first kappa shape index (κ1) is 21.2. The lowest BCUT2D eigenvalue weighted by atomic mass is 9.87. The summed E-state index contributed by atoms with van der Waals surface area (Å²) in [6, 6.07) is 8.30. The molecule has 0 atom stereocenters. The van der Waals surface area contributed by atoms with Gasteiger partial charge in [-0.1, -0.05) is 12.1 Å². The Balaban J connectivity index is 0.00000261. The number of halogens is 4. The maximum absolute atomic E-state index is 13.0. The van der Waals surface area contributed by atoms with E-state index in [2.05, 4.69) is 15.7 Å². The molecule has 2 heterocycles. The number of benzene rings is 1. The number of nitrogens with zero attached hydrogens (tertiary/aromatic N) is 2. The van der Waals surface area contributed by atoms with Crippen molar-refractivity contribution in [3.05, 3.63) is 48.3 Å². The fraction of sp³-hybridized carbons (Fsp3) is 0.444. The Labute approximate surface area is 161 Å². The van der Waals surface area contributed by atoms with E-state index >= 15 is 0 Å². The fourth-order valence-electron chi connectivity index (χ4n) is 3.21. The molecule has 0 bridgehead atoms. The second kappa shape index (κ2) is 8.75. The van der Waals surface area contributed by atoms with Crippen LogP contribution in [0.25, 0.3) is 0 Å². The molecular weight excluding hydrogens is 381 g/mol. The first-order valence-corrected chi connectivity index (χ1v) is 8.57. The van der Waals surface area contributed by atoms with Crippen molar-refractivity contribution in [2.45, 2.75) is 37.4 Å². The van der Waals surface area contributed by atoms with Crippen molar-refractivity contribution in [1.82, 2.24) is 15.1 Å². The number of hydrogen-bond acceptors (Lipinski definition) is 3. The minimum Gasteiger partial charge on any atom is -0.324 e. The minimum absolute atomic E-state index is 0. The van der Waals surface area contributed by atoms with Crippen LogP contribution in [0.1, 0.15) is 24.8 Å². The summed E-state index contributed by atoms with van der Waals surface area (Å²) in [7, 11) is 0. The number of aryl methyl sites for hydroxylation is 1. The van der Waals surface area contributed by atoms with Crippen LogP contribution in [0.15, 0.2) is 42.7 Å². The van der Waals surface area contributed by atoms with E-state index in [-0.39, 0.29) is 24.7 Å². The zero-order valence-corrected chi connectivity index (χ0v) is 15.4. The highest BCUT2D eigenvalue weighted by molar-refractivity contribution is 5.96. The van der Waals surface area contributed by atoms with Gasteiger partial charge >= 0.3 is 6.18 Å². The molecule has 148 valence electrons. The molecule has 2 N–H and O–H groups in total. The first-order chi connectivity index (χ1) is 12.4. The predicted molar refractivity (Wildman–Crippen MR) is 99.0 cm³/mol. The van der Waals surface area contributed by atoms with E-state index in [1.807, 2.05) is 0 Å². The fourth-order valence-corrected chi connectivity index (χ4v) is 3.21. The van der Waals surface area contributed by atoms with Crippen LogP contribution in [0.5, 0.6) is 0 Å². The monoisotopic (exact) mass is 402 g/mol. The number of alkyl halides is 3. The van der Waals surface area contributed by atoms with Crippen molar-refractivity contribution in [2.24, 2.45) is 0 Å². The van der Waals surface area contributed by atoms with Gasteiger partial charge in [0, 0.05) is 24.5 Å². The average molecular weight is 403 g/mol. The molecule has 1 saturated heterocycles. The lowest BCUT2D eigenvalue weighted by molar-refractivity contribution is -0.134. The molecule has 0 aliphatic carbocycles. The molecule has 1 aromatic carbocycles. The molecule has 1 aliphatic rings. The molecule has 27 heavy (non-hydrogen) atoms. The van der Waals surface area contributed by atoms with Gasteiger partial charge in [-0.2, -0.15) is 18.3 Å². The van der Waals surface area contributed by atoms with E-state index < -0.39 is 18.1 Å². The van der Waals surface area contributed by atoms with Crippen LogP contribution in [0, 0.1) is 0 Å². The molecule has 5 nitrogen and oxygen atoms in total. The standard InChI is InChI=1S/C18H21F3N4O.ClH/c19-18(20,21)7-6-14-2-4-15(5-3-14)24-16(26)17(8-11-22-12-9-17)25-13-1-10-23-25;/h1-5,10,13,22H,6-9,11-12H2,(H,24,26);1H. The number of amides is 1. The van der Waals surface area contributed by atoms with Gasteiger partial charge < -0.3 is 10.6 Å². The normalized spacial score (nSPS) is 16.4. The van der Waals surface area contributed by atoms with E-state index in [1.165, 1.54) is 0 Å². The van der Waals surface area contributed by atoms with Gasteiger partial charge in [-0.15, -0.1) is 12.4 Å². The number of carbonyl (C=O) groups is 1. The van der Waals surface area contributed by atoms with Gasteiger partial charge in [-0.05, 0) is 56.1 Å². The molecular formula is C18H22ClF3N4O. The number of hydrogen-bond donors (Lipinski definition) is 2. The molecule has 9 heteroatoms. The third-order valence-electron chi connectivity index (χ3n) is 4.71. The second-order valence-electron chi connectivity index (χ2n) is 6.50. The summed E-state index contributed by atoms with van der Waals surface area (Å²) in [5.41, 5.74) is 0.392. The summed E-state index contributed by atoms with van der Waals surface area (Å²) in [4.78, 5) is 13.0. The Bertz CT molecular complexity index is 726. The summed E-state index contributed by atoms with van der Waals surface area (Å²) in [5, 5.41) is 10.4. The molecule has 0 saturated carbocycles. The Morgan fingerprint density at radius 1 is 1.22 bits per heavy atom. The molecule has 1 aliphatic heterocycles. The highest BCUT2D eigenvalue weighted by atomic mass is 35.5. The van der Waals surface area contributed by atoms with Gasteiger partial charge in [0.25, 0.3) is 5.91 Å². The summed E-state index contributed by atoms with van der Waals surface area (Å²) < 4.78 is 38.6. The third-order valence-corrected chi connectivity index (χ3v) is 4.71. The van der Waals surface area contributed by atoms with Crippen LogP contribution >= 0.6 is 12.4 Å². The molecule has 2 aromatic rings. The lowest BCUT2D eigenvalue weighted by Gasteiger charge is -2.36. The zero-order chi connectivity index (χ0) is 18.6. The van der Waals surface area contributed by atoms with E-state index in [9.17, 15) is 18.0 Å². The molecule has 3 rings (SSSR count). The van der Waals surface area contributed by atoms with Crippen molar-refractivity contribution in [1.29, 1.82) is 0 Å². The Kier molecular flexibility index (Phi) is 6.89. The zero-order valence-electron chi connectivity index (χ0n) is 14.6. The topological polar surface area (TPSA) is 59.0 Å². The second-order valence-corrected chi connectivity index (χ2v) is 6.50. The number of piperidine rings is 1. The van der Waals surface area contributed by atoms with Gasteiger partial charge in [0.1, 0.15) is 5.54 Å². The molecule has 0 spiro atoms. The first-order valence-electron chi connectivity index (χ1n) is 8.57. The van der Waals surface area contributed by atoms with Crippen LogP contribution < -0.4 is 10.6 Å². The molecule has 1 amide bonds. The van der Waals surface area contributed by atoms with Crippen molar-refractivity contribution in [3.8, 4) is 0 Å². The van der Waals surface area contributed by atoms with Crippen molar-refractivity contribution < 1.29 is 18.0 Å². The number of aromatic nitrogens is 2. The number of carbonyl (C=O) groups excluding carboxylic acids is 1. The molecule has 1 fully saturated rings. The van der Waals surface area contributed by atoms with E-state index in [4.69, 9.17) is 0 Å². The predicted octanol–water partition coefficient (Wildman–Crippen LogP) is 3.52. The third kappa shape index (κ3) is 5.23. The number of rotatable bonds is 5. The molecule has 0 unspecified atom stereocenters. The van der Waals surface area contributed by atoms with Gasteiger partial charge in [0.05, 0.1) is 0 Å². The van der Waals surface area contributed by atoms with Gasteiger partial charge in [-0.3, -0.25) is 9.48 Å². The van der Waals surface area contributed by atoms with Crippen LogP contribution in [0.3, 0.4) is 0 Å². The SMILES string of the molecule is Cl.O=C(Nc1ccc(CCC(F)(F)F)cc1)C1(n2cccn2)CCNCC1. The summed E-state index contributed by atoms with van der Waals surface area (Å²) in [6.07, 6.45) is -0.432. The van der Waals surface area contributed by atoms with E-state index in [0.717, 1.165) is 0 Å². The van der Waals surface area contributed by atoms with Crippen LogP contribution in [0.4, 0.5) is 18.9 Å². The molecule has 1 aromatic heterocycles. The van der Waals surface area contributed by atoms with Crippen molar-refractivity contribution in [3.63, 3.8) is 0 Å².